The van der Waals surface area contributed by atoms with Crippen molar-refractivity contribution in [2.75, 3.05) is 13.6 Å². The lowest BCUT2D eigenvalue weighted by Gasteiger charge is -2.20. The number of fused-ring (bicyclic) bond motifs is 1. The maximum atomic E-state index is 6.06. The first-order chi connectivity index (χ1) is 9.90. The fourth-order valence-electron chi connectivity index (χ4n) is 2.37. The van der Waals surface area contributed by atoms with Crippen molar-refractivity contribution in [2.45, 2.75) is 39.4 Å². The number of likely N-dealkylation sites (N-methyl/N-ethyl adjacent to an activating group) is 1. The summed E-state index contributed by atoms with van der Waals surface area (Å²) in [7, 11) is 2.10. The first kappa shape index (κ1) is 15.8. The summed E-state index contributed by atoms with van der Waals surface area (Å²) in [6.45, 7) is 12.8. The van der Waals surface area contributed by atoms with Gasteiger partial charge in [0.1, 0.15) is 11.3 Å². The zero-order chi connectivity index (χ0) is 15.5. The predicted octanol–water partition coefficient (Wildman–Crippen LogP) is 3.94. The second-order valence-electron chi connectivity index (χ2n) is 6.59. The molecule has 2 aromatic rings. The molecule has 0 fully saturated rings. The summed E-state index contributed by atoms with van der Waals surface area (Å²) < 4.78 is 6.06. The fourth-order valence-corrected chi connectivity index (χ4v) is 2.37. The third kappa shape index (κ3) is 4.19. The van der Waals surface area contributed by atoms with Crippen LogP contribution in [0.5, 0.6) is 0 Å². The second-order valence-corrected chi connectivity index (χ2v) is 6.59. The largest absolute Gasteiger partial charge is 0.459 e. The predicted molar refractivity (Wildman–Crippen MR) is 89.3 cm³/mol. The SMILES string of the molecule is C=CCN(C)Cc1c(CNC(C)(C)C)oc2ccccc12. The molecule has 0 unspecified atom stereocenters. The summed E-state index contributed by atoms with van der Waals surface area (Å²) >= 11 is 0. The average Bonchev–Trinajstić information content (AvgIpc) is 2.74. The maximum absolute atomic E-state index is 6.06. The number of nitrogens with zero attached hydrogens (tertiary/aromatic N) is 1. The first-order valence-corrected chi connectivity index (χ1v) is 7.44. The van der Waals surface area contributed by atoms with Crippen molar-refractivity contribution in [1.29, 1.82) is 0 Å². The van der Waals surface area contributed by atoms with Crippen molar-refractivity contribution >= 4 is 11.0 Å². The van der Waals surface area contributed by atoms with E-state index in [1.54, 1.807) is 0 Å². The zero-order valence-electron chi connectivity index (χ0n) is 13.6. The second kappa shape index (κ2) is 6.46. The first-order valence-electron chi connectivity index (χ1n) is 7.44. The van der Waals surface area contributed by atoms with Gasteiger partial charge >= 0.3 is 0 Å². The van der Waals surface area contributed by atoms with E-state index in [-0.39, 0.29) is 5.54 Å². The van der Waals surface area contributed by atoms with Crippen molar-refractivity contribution in [3.8, 4) is 0 Å². The molecular formula is C18H26N2O. The van der Waals surface area contributed by atoms with E-state index in [0.29, 0.717) is 0 Å². The van der Waals surface area contributed by atoms with E-state index in [9.17, 15) is 0 Å². The van der Waals surface area contributed by atoms with Crippen LogP contribution in [0.3, 0.4) is 0 Å². The highest BCUT2D eigenvalue weighted by atomic mass is 16.3. The van der Waals surface area contributed by atoms with Crippen LogP contribution in [0.1, 0.15) is 32.1 Å². The summed E-state index contributed by atoms with van der Waals surface area (Å²) in [6.07, 6.45) is 1.93. The minimum Gasteiger partial charge on any atom is -0.459 e. The molecule has 0 radical (unpaired) electrons. The number of benzene rings is 1. The van der Waals surface area contributed by atoms with Gasteiger partial charge in [0.2, 0.25) is 0 Å². The van der Waals surface area contributed by atoms with Crippen LogP contribution in [0, 0.1) is 0 Å². The summed E-state index contributed by atoms with van der Waals surface area (Å²) in [5.41, 5.74) is 2.31. The van der Waals surface area contributed by atoms with E-state index in [2.05, 4.69) is 56.7 Å². The topological polar surface area (TPSA) is 28.4 Å². The molecule has 0 aliphatic carbocycles. The van der Waals surface area contributed by atoms with Gasteiger partial charge in [-0.25, -0.2) is 0 Å². The van der Waals surface area contributed by atoms with Crippen LogP contribution in [-0.2, 0) is 13.1 Å². The van der Waals surface area contributed by atoms with Crippen LogP contribution in [-0.4, -0.2) is 24.0 Å². The van der Waals surface area contributed by atoms with Crippen LogP contribution in [0.4, 0.5) is 0 Å². The molecule has 114 valence electrons. The number of hydrogen-bond donors (Lipinski definition) is 1. The zero-order valence-corrected chi connectivity index (χ0v) is 13.6. The number of nitrogens with one attached hydrogen (secondary N) is 1. The number of furan rings is 1. The lowest BCUT2D eigenvalue weighted by atomic mass is 10.1. The molecule has 1 heterocycles. The Morgan fingerprint density at radius 1 is 1.29 bits per heavy atom. The summed E-state index contributed by atoms with van der Waals surface area (Å²) in [5.74, 6) is 1.03. The third-order valence-corrected chi connectivity index (χ3v) is 3.43. The van der Waals surface area contributed by atoms with E-state index in [1.807, 2.05) is 18.2 Å². The number of hydrogen-bond acceptors (Lipinski definition) is 3. The van der Waals surface area contributed by atoms with Crippen molar-refractivity contribution < 1.29 is 4.42 Å². The summed E-state index contributed by atoms with van der Waals surface area (Å²) in [6, 6.07) is 8.25. The number of rotatable bonds is 6. The van der Waals surface area contributed by atoms with Gasteiger partial charge in [-0.05, 0) is 33.9 Å². The molecule has 1 N–H and O–H groups in total. The van der Waals surface area contributed by atoms with Crippen molar-refractivity contribution in [3.63, 3.8) is 0 Å². The molecule has 0 saturated heterocycles. The standard InChI is InChI=1S/C18H26N2O/c1-6-11-20(5)13-15-14-9-7-8-10-16(14)21-17(15)12-19-18(2,3)4/h6-10,19H,1,11-13H2,2-5H3. The van der Waals surface area contributed by atoms with Gasteiger partial charge in [0.25, 0.3) is 0 Å². The maximum Gasteiger partial charge on any atom is 0.134 e. The minimum absolute atomic E-state index is 0.0727. The van der Waals surface area contributed by atoms with Gasteiger partial charge in [0, 0.05) is 29.6 Å². The van der Waals surface area contributed by atoms with E-state index in [1.165, 1.54) is 10.9 Å². The van der Waals surface area contributed by atoms with E-state index < -0.39 is 0 Å². The summed E-state index contributed by atoms with van der Waals surface area (Å²) in [4.78, 5) is 2.24. The molecular weight excluding hydrogens is 260 g/mol. The minimum atomic E-state index is 0.0727. The van der Waals surface area contributed by atoms with Gasteiger partial charge in [0.05, 0.1) is 6.54 Å². The molecule has 1 aromatic heterocycles. The Labute approximate surface area is 127 Å². The molecule has 3 heteroatoms. The molecule has 0 aliphatic rings. The number of para-hydroxylation sites is 1. The van der Waals surface area contributed by atoms with Gasteiger partial charge in [0.15, 0.2) is 0 Å². The molecule has 0 saturated carbocycles. The Morgan fingerprint density at radius 3 is 2.67 bits per heavy atom. The molecule has 0 atom stereocenters. The Bertz CT molecular complexity index is 607. The van der Waals surface area contributed by atoms with Gasteiger partial charge in [-0.3, -0.25) is 4.90 Å². The Balaban J connectivity index is 2.31. The van der Waals surface area contributed by atoms with Crippen molar-refractivity contribution in [1.82, 2.24) is 10.2 Å². The molecule has 0 bridgehead atoms. The van der Waals surface area contributed by atoms with Crippen LogP contribution in [0.25, 0.3) is 11.0 Å². The van der Waals surface area contributed by atoms with Gasteiger partial charge in [-0.2, -0.15) is 0 Å². The highest BCUT2D eigenvalue weighted by Crippen LogP contribution is 2.27. The Morgan fingerprint density at radius 2 is 2.00 bits per heavy atom. The highest BCUT2D eigenvalue weighted by molar-refractivity contribution is 5.82. The average molecular weight is 286 g/mol. The van der Waals surface area contributed by atoms with Crippen LogP contribution in [0.15, 0.2) is 41.3 Å². The normalized spacial score (nSPS) is 12.2. The van der Waals surface area contributed by atoms with Crippen LogP contribution in [0.2, 0.25) is 0 Å². The van der Waals surface area contributed by atoms with E-state index in [4.69, 9.17) is 4.42 Å². The molecule has 0 aliphatic heterocycles. The van der Waals surface area contributed by atoms with Crippen molar-refractivity contribution in [3.05, 3.63) is 48.2 Å². The Kier molecular flexibility index (Phi) is 4.86. The van der Waals surface area contributed by atoms with Gasteiger partial charge in [-0.15, -0.1) is 6.58 Å². The Hall–Kier alpha value is -1.58. The van der Waals surface area contributed by atoms with Crippen molar-refractivity contribution in [2.24, 2.45) is 0 Å². The molecule has 3 nitrogen and oxygen atoms in total. The smallest absolute Gasteiger partial charge is 0.134 e. The van der Waals surface area contributed by atoms with Crippen LogP contribution >= 0.6 is 0 Å². The van der Waals surface area contributed by atoms with Gasteiger partial charge in [-0.1, -0.05) is 24.3 Å². The quantitative estimate of drug-likeness (QED) is 0.815. The highest BCUT2D eigenvalue weighted by Gasteiger charge is 2.17. The molecule has 21 heavy (non-hydrogen) atoms. The molecule has 1 aromatic carbocycles. The monoisotopic (exact) mass is 286 g/mol. The molecule has 2 rings (SSSR count). The molecule has 0 spiro atoms. The van der Waals surface area contributed by atoms with Crippen LogP contribution < -0.4 is 5.32 Å². The lowest BCUT2D eigenvalue weighted by Crippen LogP contribution is -2.35. The van der Waals surface area contributed by atoms with E-state index in [0.717, 1.165) is 31.0 Å². The fraction of sp³-hybridized carbons (Fsp3) is 0.444. The third-order valence-electron chi connectivity index (χ3n) is 3.43. The summed E-state index contributed by atoms with van der Waals surface area (Å²) in [5, 5.41) is 4.72. The van der Waals surface area contributed by atoms with Gasteiger partial charge < -0.3 is 9.73 Å². The van der Waals surface area contributed by atoms with E-state index >= 15 is 0 Å². The lowest BCUT2D eigenvalue weighted by molar-refractivity contribution is 0.352. The molecule has 0 amide bonds.